The largest absolute Gasteiger partial charge is 0.465 e. The standard InChI is InChI=1S/C14H14FN3O3S2/c1-2-21-12(20)8-22-14-18-17-13(23-14)16-11(19)7-9-4-3-5-10(15)6-9/h3-6H,2,7-8H2,1H3,(H,16,17,19). The van der Waals surface area contributed by atoms with Gasteiger partial charge in [-0.25, -0.2) is 4.39 Å². The Morgan fingerprint density at radius 3 is 2.96 bits per heavy atom. The van der Waals surface area contributed by atoms with Gasteiger partial charge in [-0.3, -0.25) is 9.59 Å². The lowest BCUT2D eigenvalue weighted by Crippen LogP contribution is -2.14. The Kier molecular flexibility index (Phi) is 6.48. The number of anilines is 1. The summed E-state index contributed by atoms with van der Waals surface area (Å²) in [6.07, 6.45) is 0.0443. The third-order valence-electron chi connectivity index (χ3n) is 2.53. The second kappa shape index (κ2) is 8.59. The molecule has 122 valence electrons. The summed E-state index contributed by atoms with van der Waals surface area (Å²) in [5.74, 6) is -0.887. The number of nitrogens with one attached hydrogen (secondary N) is 1. The molecular weight excluding hydrogens is 341 g/mol. The molecule has 0 spiro atoms. The van der Waals surface area contributed by atoms with Gasteiger partial charge in [0.1, 0.15) is 5.82 Å². The van der Waals surface area contributed by atoms with Gasteiger partial charge in [0.2, 0.25) is 11.0 Å². The summed E-state index contributed by atoms with van der Waals surface area (Å²) < 4.78 is 18.4. The van der Waals surface area contributed by atoms with Crippen molar-refractivity contribution < 1.29 is 18.7 Å². The first-order valence-electron chi connectivity index (χ1n) is 6.73. The van der Waals surface area contributed by atoms with Crippen LogP contribution in [-0.4, -0.2) is 34.4 Å². The lowest BCUT2D eigenvalue weighted by Gasteiger charge is -2.01. The Hall–Kier alpha value is -2.00. The van der Waals surface area contributed by atoms with Gasteiger partial charge in [0.25, 0.3) is 0 Å². The fourth-order valence-corrected chi connectivity index (χ4v) is 3.20. The van der Waals surface area contributed by atoms with Crippen LogP contribution in [0.4, 0.5) is 9.52 Å². The zero-order valence-corrected chi connectivity index (χ0v) is 13.9. The maximum absolute atomic E-state index is 13.1. The predicted molar refractivity (Wildman–Crippen MR) is 86.0 cm³/mol. The van der Waals surface area contributed by atoms with Crippen LogP contribution in [0.1, 0.15) is 12.5 Å². The second-order valence-electron chi connectivity index (χ2n) is 4.32. The van der Waals surface area contributed by atoms with Crippen LogP contribution in [0.3, 0.4) is 0 Å². The van der Waals surface area contributed by atoms with Crippen molar-refractivity contribution in [2.75, 3.05) is 17.7 Å². The molecular formula is C14H14FN3O3S2. The number of hydrogen-bond donors (Lipinski definition) is 1. The molecule has 9 heteroatoms. The number of thioether (sulfide) groups is 1. The number of esters is 1. The van der Waals surface area contributed by atoms with Crippen molar-refractivity contribution in [3.63, 3.8) is 0 Å². The Bertz CT molecular complexity index is 693. The van der Waals surface area contributed by atoms with Crippen LogP contribution in [0.25, 0.3) is 0 Å². The van der Waals surface area contributed by atoms with E-state index in [1.807, 2.05) is 0 Å². The van der Waals surface area contributed by atoms with Gasteiger partial charge in [-0.1, -0.05) is 35.2 Å². The molecule has 23 heavy (non-hydrogen) atoms. The summed E-state index contributed by atoms with van der Waals surface area (Å²) in [4.78, 5) is 23.1. The SMILES string of the molecule is CCOC(=O)CSc1nnc(NC(=O)Cc2cccc(F)c2)s1. The first-order chi connectivity index (χ1) is 11.1. The molecule has 2 aromatic rings. The molecule has 0 saturated carbocycles. The molecule has 0 fully saturated rings. The molecule has 0 radical (unpaired) electrons. The lowest BCUT2D eigenvalue weighted by molar-refractivity contribution is -0.139. The van der Waals surface area contributed by atoms with Crippen LogP contribution in [0, 0.1) is 5.82 Å². The summed E-state index contributed by atoms with van der Waals surface area (Å²) in [5, 5.41) is 10.6. The van der Waals surface area contributed by atoms with Crippen molar-refractivity contribution >= 4 is 40.1 Å². The van der Waals surface area contributed by atoms with E-state index in [-0.39, 0.29) is 29.9 Å². The minimum absolute atomic E-state index is 0.0443. The summed E-state index contributed by atoms with van der Waals surface area (Å²) in [6.45, 7) is 2.07. The van der Waals surface area contributed by atoms with Gasteiger partial charge in [0, 0.05) is 0 Å². The van der Waals surface area contributed by atoms with Crippen LogP contribution in [-0.2, 0) is 20.7 Å². The molecule has 1 N–H and O–H groups in total. The van der Waals surface area contributed by atoms with Crippen molar-refractivity contribution in [2.45, 2.75) is 17.7 Å². The number of hydrogen-bond acceptors (Lipinski definition) is 7. The number of halogens is 1. The number of carbonyl (C=O) groups excluding carboxylic acids is 2. The maximum Gasteiger partial charge on any atom is 0.316 e. The zero-order chi connectivity index (χ0) is 16.7. The molecule has 0 saturated heterocycles. The van der Waals surface area contributed by atoms with E-state index in [2.05, 4.69) is 15.5 Å². The smallest absolute Gasteiger partial charge is 0.316 e. The molecule has 1 amide bonds. The zero-order valence-electron chi connectivity index (χ0n) is 12.2. The average molecular weight is 355 g/mol. The molecule has 0 aliphatic rings. The molecule has 1 aromatic carbocycles. The highest BCUT2D eigenvalue weighted by molar-refractivity contribution is 8.01. The highest BCUT2D eigenvalue weighted by atomic mass is 32.2. The number of nitrogens with zero attached hydrogens (tertiary/aromatic N) is 2. The Morgan fingerprint density at radius 2 is 2.22 bits per heavy atom. The number of benzene rings is 1. The minimum Gasteiger partial charge on any atom is -0.465 e. The van der Waals surface area contributed by atoms with Gasteiger partial charge in [0.05, 0.1) is 18.8 Å². The fraction of sp³-hybridized carbons (Fsp3) is 0.286. The van der Waals surface area contributed by atoms with Gasteiger partial charge < -0.3 is 10.1 Å². The summed E-state index contributed by atoms with van der Waals surface area (Å²) >= 11 is 2.35. The fourth-order valence-electron chi connectivity index (χ4n) is 1.64. The second-order valence-corrected chi connectivity index (χ2v) is 6.52. The lowest BCUT2D eigenvalue weighted by atomic mass is 10.1. The summed E-state index contributed by atoms with van der Waals surface area (Å²) in [6, 6.07) is 5.84. The molecule has 0 bridgehead atoms. The Balaban J connectivity index is 1.83. The van der Waals surface area contributed by atoms with Gasteiger partial charge in [-0.2, -0.15) is 0 Å². The van der Waals surface area contributed by atoms with Crippen molar-refractivity contribution in [1.29, 1.82) is 0 Å². The molecule has 0 atom stereocenters. The van der Waals surface area contributed by atoms with E-state index in [0.717, 1.165) is 11.3 Å². The molecule has 6 nitrogen and oxygen atoms in total. The summed E-state index contributed by atoms with van der Waals surface area (Å²) in [7, 11) is 0. The molecule has 1 aromatic heterocycles. The first kappa shape index (κ1) is 17.4. The molecule has 0 unspecified atom stereocenters. The maximum atomic E-state index is 13.1. The Labute approximate surface area is 140 Å². The van der Waals surface area contributed by atoms with E-state index in [0.29, 0.717) is 21.6 Å². The molecule has 0 aliphatic heterocycles. The van der Waals surface area contributed by atoms with Crippen molar-refractivity contribution in [2.24, 2.45) is 0 Å². The van der Waals surface area contributed by atoms with E-state index in [4.69, 9.17) is 4.74 Å². The van der Waals surface area contributed by atoms with E-state index >= 15 is 0 Å². The summed E-state index contributed by atoms with van der Waals surface area (Å²) in [5.41, 5.74) is 0.573. The number of amides is 1. The van der Waals surface area contributed by atoms with Crippen LogP contribution in [0.2, 0.25) is 0 Å². The van der Waals surface area contributed by atoms with Gasteiger partial charge >= 0.3 is 5.97 Å². The molecule has 2 rings (SSSR count). The highest BCUT2D eigenvalue weighted by Crippen LogP contribution is 2.25. The van der Waals surface area contributed by atoms with E-state index < -0.39 is 0 Å². The minimum atomic E-state index is -0.385. The van der Waals surface area contributed by atoms with Gasteiger partial charge in [0.15, 0.2) is 4.34 Å². The van der Waals surface area contributed by atoms with Crippen LogP contribution in [0.15, 0.2) is 28.6 Å². The number of aromatic nitrogens is 2. The normalized spacial score (nSPS) is 10.3. The third kappa shape index (κ3) is 5.95. The van der Waals surface area contributed by atoms with E-state index in [1.165, 1.54) is 23.9 Å². The Morgan fingerprint density at radius 1 is 1.39 bits per heavy atom. The predicted octanol–water partition coefficient (Wildman–Crippen LogP) is 2.51. The van der Waals surface area contributed by atoms with Crippen molar-refractivity contribution in [3.8, 4) is 0 Å². The number of ether oxygens (including phenoxy) is 1. The third-order valence-corrected chi connectivity index (χ3v) is 4.47. The highest BCUT2D eigenvalue weighted by Gasteiger charge is 2.11. The molecule has 0 aliphatic carbocycles. The van der Waals surface area contributed by atoms with E-state index in [1.54, 1.807) is 19.1 Å². The molecule has 1 heterocycles. The van der Waals surface area contributed by atoms with Gasteiger partial charge in [-0.05, 0) is 24.6 Å². The monoisotopic (exact) mass is 355 g/mol. The average Bonchev–Trinajstić information content (AvgIpc) is 2.93. The van der Waals surface area contributed by atoms with Crippen molar-refractivity contribution in [1.82, 2.24) is 10.2 Å². The van der Waals surface area contributed by atoms with Crippen LogP contribution < -0.4 is 5.32 Å². The quantitative estimate of drug-likeness (QED) is 0.467. The van der Waals surface area contributed by atoms with Crippen LogP contribution in [0.5, 0.6) is 0 Å². The van der Waals surface area contributed by atoms with Crippen molar-refractivity contribution in [3.05, 3.63) is 35.6 Å². The van der Waals surface area contributed by atoms with Crippen LogP contribution >= 0.6 is 23.1 Å². The topological polar surface area (TPSA) is 81.2 Å². The number of carbonyl (C=O) groups is 2. The number of rotatable bonds is 7. The van der Waals surface area contributed by atoms with Gasteiger partial charge in [-0.15, -0.1) is 10.2 Å². The van der Waals surface area contributed by atoms with E-state index in [9.17, 15) is 14.0 Å². The first-order valence-corrected chi connectivity index (χ1v) is 8.53.